The first-order valence-corrected chi connectivity index (χ1v) is 8.20. The van der Waals surface area contributed by atoms with Crippen LogP contribution in [0.1, 0.15) is 32.6 Å². The molecule has 2 rings (SSSR count). The van der Waals surface area contributed by atoms with Crippen molar-refractivity contribution in [3.05, 3.63) is 0 Å². The van der Waals surface area contributed by atoms with Gasteiger partial charge in [-0.3, -0.25) is 0 Å². The zero-order valence-electron chi connectivity index (χ0n) is 11.1. The van der Waals surface area contributed by atoms with Crippen molar-refractivity contribution in [3.8, 4) is 0 Å². The summed E-state index contributed by atoms with van der Waals surface area (Å²) in [6.07, 6.45) is 5.41. The molecular weight excluding hydrogens is 236 g/mol. The molecule has 3 atom stereocenters. The number of fused-ring (bicyclic) bond motifs is 1. The first-order chi connectivity index (χ1) is 8.23. The van der Waals surface area contributed by atoms with Crippen molar-refractivity contribution in [1.29, 1.82) is 0 Å². The molecule has 4 nitrogen and oxygen atoms in total. The van der Waals surface area contributed by atoms with Gasteiger partial charge in [-0.15, -0.1) is 0 Å². The quantitative estimate of drug-likeness (QED) is 0.394. The van der Waals surface area contributed by atoms with Gasteiger partial charge in [0.05, 0.1) is 12.2 Å². The van der Waals surface area contributed by atoms with Gasteiger partial charge >= 0.3 is 0 Å². The second kappa shape index (κ2) is 5.80. The summed E-state index contributed by atoms with van der Waals surface area (Å²) in [7, 11) is 2.81. The van der Waals surface area contributed by atoms with E-state index in [4.69, 9.17) is 18.6 Å². The molecule has 3 unspecified atom stereocenters. The molecule has 1 saturated carbocycles. The van der Waals surface area contributed by atoms with Gasteiger partial charge in [0, 0.05) is 20.6 Å². The first-order valence-electron chi connectivity index (χ1n) is 6.62. The molecular formula is C12H24O4Si. The number of epoxide rings is 1. The van der Waals surface area contributed by atoms with Crippen LogP contribution in [0.4, 0.5) is 0 Å². The fraction of sp³-hybridized carbons (Fsp3) is 1.00. The summed E-state index contributed by atoms with van der Waals surface area (Å²) in [5, 5.41) is 0. The third-order valence-electron chi connectivity index (χ3n) is 3.80. The van der Waals surface area contributed by atoms with Crippen LogP contribution in [0.25, 0.3) is 0 Å². The fourth-order valence-electron chi connectivity index (χ4n) is 2.71. The summed E-state index contributed by atoms with van der Waals surface area (Å²) < 4.78 is 22.4. The van der Waals surface area contributed by atoms with Crippen LogP contribution in [-0.2, 0) is 18.6 Å². The largest absolute Gasteiger partial charge is 0.376 e. The third kappa shape index (κ3) is 3.29. The Morgan fingerprint density at radius 3 is 2.59 bits per heavy atom. The van der Waals surface area contributed by atoms with Gasteiger partial charge < -0.3 is 18.6 Å². The van der Waals surface area contributed by atoms with Crippen molar-refractivity contribution in [1.82, 2.24) is 0 Å². The second-order valence-corrected chi connectivity index (χ2v) is 6.73. The molecule has 1 aliphatic carbocycles. The first kappa shape index (κ1) is 13.5. The highest BCUT2D eigenvalue weighted by Crippen LogP contribution is 2.42. The van der Waals surface area contributed by atoms with E-state index in [0.29, 0.717) is 18.1 Å². The maximum Gasteiger partial charge on any atom is 0.272 e. The van der Waals surface area contributed by atoms with Gasteiger partial charge in [-0.25, -0.2) is 0 Å². The van der Waals surface area contributed by atoms with E-state index in [-0.39, 0.29) is 0 Å². The van der Waals surface area contributed by atoms with Gasteiger partial charge in [0.15, 0.2) is 9.76 Å². The van der Waals surface area contributed by atoms with E-state index in [1.165, 1.54) is 12.8 Å². The Balaban J connectivity index is 1.86. The molecule has 0 spiro atoms. The minimum atomic E-state index is -0.797. The zero-order chi connectivity index (χ0) is 12.3. The molecule has 100 valence electrons. The smallest absolute Gasteiger partial charge is 0.272 e. The van der Waals surface area contributed by atoms with Gasteiger partial charge in [0.1, 0.15) is 0 Å². The fourth-order valence-corrected chi connectivity index (χ4v) is 3.58. The summed E-state index contributed by atoms with van der Waals surface area (Å²) >= 11 is 0. The van der Waals surface area contributed by atoms with Gasteiger partial charge in [-0.2, -0.15) is 0 Å². The molecule has 0 aromatic heterocycles. The van der Waals surface area contributed by atoms with Gasteiger partial charge in [0.25, 0.3) is 5.97 Å². The molecule has 2 fully saturated rings. The Hall–Kier alpha value is 0.0569. The van der Waals surface area contributed by atoms with Crippen LogP contribution in [0.5, 0.6) is 0 Å². The standard InChI is InChI=1S/C12H24O4Si/c1-4-17-16-12(13-2,14-3)8-9-5-6-10-11(7-9)15-10/h9-11H,4-8,17H2,1-3H3. The minimum absolute atomic E-state index is 0.503. The van der Waals surface area contributed by atoms with Crippen LogP contribution in [0, 0.1) is 5.92 Å². The summed E-state index contributed by atoms with van der Waals surface area (Å²) in [5.41, 5.74) is 0. The molecule has 0 bridgehead atoms. The van der Waals surface area contributed by atoms with Gasteiger partial charge in [0.2, 0.25) is 0 Å². The van der Waals surface area contributed by atoms with Gasteiger partial charge in [-0.1, -0.05) is 6.92 Å². The zero-order valence-corrected chi connectivity index (χ0v) is 12.5. The number of rotatable bonds is 7. The minimum Gasteiger partial charge on any atom is -0.376 e. The number of hydrogen-bond donors (Lipinski definition) is 0. The molecule has 2 aliphatic rings. The van der Waals surface area contributed by atoms with Crippen molar-refractivity contribution in [2.45, 2.75) is 56.8 Å². The van der Waals surface area contributed by atoms with Crippen LogP contribution in [-0.4, -0.2) is 42.2 Å². The molecule has 0 aromatic rings. The van der Waals surface area contributed by atoms with Crippen molar-refractivity contribution >= 4 is 9.76 Å². The van der Waals surface area contributed by atoms with E-state index in [1.807, 2.05) is 0 Å². The van der Waals surface area contributed by atoms with E-state index in [1.54, 1.807) is 14.2 Å². The topological polar surface area (TPSA) is 40.2 Å². The van der Waals surface area contributed by atoms with Crippen molar-refractivity contribution in [3.63, 3.8) is 0 Å². The third-order valence-corrected chi connectivity index (χ3v) is 4.85. The normalized spacial score (nSPS) is 33.0. The lowest BCUT2D eigenvalue weighted by Crippen LogP contribution is -2.41. The van der Waals surface area contributed by atoms with E-state index in [9.17, 15) is 0 Å². The molecule has 17 heavy (non-hydrogen) atoms. The molecule has 1 aliphatic heterocycles. The van der Waals surface area contributed by atoms with Crippen LogP contribution in [0.2, 0.25) is 6.04 Å². The van der Waals surface area contributed by atoms with Crippen LogP contribution >= 0.6 is 0 Å². The molecule has 0 amide bonds. The molecule has 5 heteroatoms. The van der Waals surface area contributed by atoms with Crippen LogP contribution in [0.3, 0.4) is 0 Å². The Labute approximate surface area is 106 Å². The Bertz CT molecular complexity index is 245. The summed E-state index contributed by atoms with van der Waals surface area (Å²) in [4.78, 5) is 0. The lowest BCUT2D eigenvalue weighted by atomic mass is 9.86. The lowest BCUT2D eigenvalue weighted by molar-refractivity contribution is -0.332. The number of methoxy groups -OCH3 is 2. The summed E-state index contributed by atoms with van der Waals surface area (Å²) in [6.45, 7) is 2.14. The Morgan fingerprint density at radius 2 is 2.00 bits per heavy atom. The van der Waals surface area contributed by atoms with Gasteiger partial charge in [-0.05, 0) is 31.2 Å². The highest BCUT2D eigenvalue weighted by atomic mass is 28.2. The highest BCUT2D eigenvalue weighted by Gasteiger charge is 2.46. The van der Waals surface area contributed by atoms with Crippen LogP contribution < -0.4 is 0 Å². The highest BCUT2D eigenvalue weighted by molar-refractivity contribution is 6.26. The summed E-state index contributed by atoms with van der Waals surface area (Å²) in [6, 6.07) is 1.10. The van der Waals surface area contributed by atoms with Crippen molar-refractivity contribution < 1.29 is 18.6 Å². The molecule has 1 heterocycles. The van der Waals surface area contributed by atoms with Crippen molar-refractivity contribution in [2.24, 2.45) is 5.92 Å². The molecule has 0 N–H and O–H groups in total. The molecule has 0 radical (unpaired) electrons. The Kier molecular flexibility index (Phi) is 4.60. The van der Waals surface area contributed by atoms with E-state index >= 15 is 0 Å². The average Bonchev–Trinajstić information content (AvgIpc) is 3.13. The maximum atomic E-state index is 5.88. The number of hydrogen-bond acceptors (Lipinski definition) is 4. The van der Waals surface area contributed by atoms with E-state index < -0.39 is 15.7 Å². The number of ether oxygens (including phenoxy) is 3. The lowest BCUT2D eigenvalue weighted by Gasteiger charge is -2.34. The van der Waals surface area contributed by atoms with E-state index in [2.05, 4.69) is 6.92 Å². The predicted molar refractivity (Wildman–Crippen MR) is 67.5 cm³/mol. The predicted octanol–water partition coefficient (Wildman–Crippen LogP) is 1.43. The van der Waals surface area contributed by atoms with Crippen molar-refractivity contribution in [2.75, 3.05) is 14.2 Å². The Morgan fingerprint density at radius 1 is 1.24 bits per heavy atom. The SMILES string of the molecule is CC[SiH2]OC(CC1CCC2OC2C1)(OC)OC. The van der Waals surface area contributed by atoms with Crippen LogP contribution in [0.15, 0.2) is 0 Å². The maximum absolute atomic E-state index is 5.88. The average molecular weight is 260 g/mol. The molecule has 0 aromatic carbocycles. The monoisotopic (exact) mass is 260 g/mol. The second-order valence-electron chi connectivity index (χ2n) is 5.04. The molecule has 1 saturated heterocycles. The summed E-state index contributed by atoms with van der Waals surface area (Å²) in [5.74, 6) is -0.196. The van der Waals surface area contributed by atoms with E-state index in [0.717, 1.165) is 18.9 Å².